The van der Waals surface area contributed by atoms with Crippen molar-refractivity contribution in [3.05, 3.63) is 0 Å². The third-order valence-electron chi connectivity index (χ3n) is 3.12. The number of carboxylic acid groups (broad SMARTS) is 1. The number of nitrogens with one attached hydrogen (secondary N) is 1. The molecule has 2 N–H and O–H groups in total. The second-order valence-corrected chi connectivity index (χ2v) is 5.86. The van der Waals surface area contributed by atoms with Crippen LogP contribution in [-0.2, 0) is 15.6 Å². The fourth-order valence-corrected chi connectivity index (χ4v) is 3.60. The first-order chi connectivity index (χ1) is 6.58. The lowest BCUT2D eigenvalue weighted by Crippen LogP contribution is -2.54. The van der Waals surface area contributed by atoms with Crippen molar-refractivity contribution in [1.82, 2.24) is 5.32 Å². The fraction of sp³-hybridized carbons (Fsp3) is 0.889. The van der Waals surface area contributed by atoms with Crippen LogP contribution in [0.5, 0.6) is 0 Å². The summed E-state index contributed by atoms with van der Waals surface area (Å²) < 4.78 is 11.4. The first-order valence-corrected chi connectivity index (χ1v) is 6.40. The fourth-order valence-electron chi connectivity index (χ4n) is 2.11. The first-order valence-electron chi connectivity index (χ1n) is 4.91. The van der Waals surface area contributed by atoms with Gasteiger partial charge in [-0.05, 0) is 18.3 Å². The summed E-state index contributed by atoms with van der Waals surface area (Å²) in [6.45, 7) is 2.15. The molecule has 0 aromatic rings. The van der Waals surface area contributed by atoms with E-state index < -0.39 is 22.8 Å². The zero-order valence-electron chi connectivity index (χ0n) is 8.10. The van der Waals surface area contributed by atoms with E-state index in [-0.39, 0.29) is 11.8 Å². The van der Waals surface area contributed by atoms with Crippen molar-refractivity contribution >= 4 is 16.8 Å². The van der Waals surface area contributed by atoms with E-state index in [9.17, 15) is 9.00 Å². The molecule has 2 aliphatic rings. The minimum atomic E-state index is -0.960. The molecular formula is C9H15NO3S. The Morgan fingerprint density at radius 2 is 2.14 bits per heavy atom. The number of hydrogen-bond acceptors (Lipinski definition) is 3. The zero-order valence-corrected chi connectivity index (χ0v) is 8.92. The second-order valence-electron chi connectivity index (χ2n) is 4.31. The Kier molecular flexibility index (Phi) is 2.62. The molecule has 1 heterocycles. The predicted octanol–water partition coefficient (Wildman–Crippen LogP) is -0.184. The van der Waals surface area contributed by atoms with Gasteiger partial charge in [0.15, 0.2) is 0 Å². The Morgan fingerprint density at radius 3 is 2.64 bits per heavy atom. The van der Waals surface area contributed by atoms with Gasteiger partial charge in [0.05, 0.1) is 0 Å². The highest BCUT2D eigenvalue weighted by molar-refractivity contribution is 7.85. The summed E-state index contributed by atoms with van der Waals surface area (Å²) in [7, 11) is -0.960. The van der Waals surface area contributed by atoms with Gasteiger partial charge in [-0.25, -0.2) is 0 Å². The average Bonchev–Trinajstić information content (AvgIpc) is 2.81. The van der Waals surface area contributed by atoms with E-state index in [1.54, 1.807) is 0 Å². The van der Waals surface area contributed by atoms with Gasteiger partial charge in [0.25, 0.3) is 0 Å². The van der Waals surface area contributed by atoms with Gasteiger partial charge in [0, 0.05) is 28.3 Å². The molecule has 2 fully saturated rings. The molecule has 1 saturated carbocycles. The minimum Gasteiger partial charge on any atom is -0.480 e. The van der Waals surface area contributed by atoms with Crippen molar-refractivity contribution in [3.8, 4) is 0 Å². The van der Waals surface area contributed by atoms with Crippen molar-refractivity contribution in [1.29, 1.82) is 0 Å². The van der Waals surface area contributed by atoms with E-state index in [1.807, 2.05) is 0 Å². The summed E-state index contributed by atoms with van der Waals surface area (Å²) in [6.07, 6.45) is 1.14. The van der Waals surface area contributed by atoms with Crippen LogP contribution in [0.15, 0.2) is 0 Å². The molecule has 1 aliphatic carbocycles. The molecule has 0 aromatic heterocycles. The molecule has 0 amide bonds. The molecule has 14 heavy (non-hydrogen) atoms. The number of aliphatic carboxylic acids is 1. The summed E-state index contributed by atoms with van der Waals surface area (Å²) in [5.41, 5.74) is 0. The maximum absolute atomic E-state index is 11.4. The molecule has 0 bridgehead atoms. The topological polar surface area (TPSA) is 66.4 Å². The summed E-state index contributed by atoms with van der Waals surface area (Å²) in [4.78, 5) is 10.8. The number of rotatable bonds is 2. The Labute approximate surface area is 85.5 Å². The van der Waals surface area contributed by atoms with Crippen molar-refractivity contribution in [2.45, 2.75) is 25.4 Å². The van der Waals surface area contributed by atoms with Crippen LogP contribution in [0, 0.1) is 11.8 Å². The number of carboxylic acids is 1. The smallest absolute Gasteiger partial charge is 0.321 e. The Morgan fingerprint density at radius 1 is 1.50 bits per heavy atom. The first kappa shape index (κ1) is 10.1. The van der Waals surface area contributed by atoms with Gasteiger partial charge < -0.3 is 5.11 Å². The highest BCUT2D eigenvalue weighted by Gasteiger charge is 2.43. The van der Waals surface area contributed by atoms with Crippen molar-refractivity contribution in [3.63, 3.8) is 0 Å². The molecule has 0 spiro atoms. The van der Waals surface area contributed by atoms with Crippen LogP contribution in [0.4, 0.5) is 0 Å². The SMILES string of the molecule is CC1CC1C1CS(=O)CC(C(=O)O)N1. The lowest BCUT2D eigenvalue weighted by molar-refractivity contribution is -0.139. The lowest BCUT2D eigenvalue weighted by atomic mass is 10.1. The van der Waals surface area contributed by atoms with Crippen LogP contribution in [0.3, 0.4) is 0 Å². The minimum absolute atomic E-state index is 0.153. The van der Waals surface area contributed by atoms with Gasteiger partial charge in [-0.3, -0.25) is 14.3 Å². The molecule has 4 nitrogen and oxygen atoms in total. The van der Waals surface area contributed by atoms with Crippen LogP contribution in [0.25, 0.3) is 0 Å². The van der Waals surface area contributed by atoms with E-state index in [4.69, 9.17) is 5.11 Å². The quantitative estimate of drug-likeness (QED) is 0.673. The van der Waals surface area contributed by atoms with E-state index in [2.05, 4.69) is 12.2 Å². The van der Waals surface area contributed by atoms with Crippen molar-refractivity contribution in [2.75, 3.05) is 11.5 Å². The number of hydrogen-bond donors (Lipinski definition) is 2. The monoisotopic (exact) mass is 217 g/mol. The van der Waals surface area contributed by atoms with Gasteiger partial charge in [-0.15, -0.1) is 0 Å². The molecule has 0 radical (unpaired) electrons. The van der Waals surface area contributed by atoms with E-state index in [0.717, 1.165) is 6.42 Å². The second kappa shape index (κ2) is 3.62. The highest BCUT2D eigenvalue weighted by atomic mass is 32.2. The van der Waals surface area contributed by atoms with Gasteiger partial charge in [0.1, 0.15) is 6.04 Å². The van der Waals surface area contributed by atoms with Crippen molar-refractivity contribution in [2.24, 2.45) is 11.8 Å². The molecule has 5 heteroatoms. The predicted molar refractivity (Wildman–Crippen MR) is 53.5 cm³/mol. The Bertz CT molecular complexity index is 281. The summed E-state index contributed by atoms with van der Waals surface area (Å²) in [6, 6.07) is -0.455. The van der Waals surface area contributed by atoms with Gasteiger partial charge in [-0.1, -0.05) is 6.92 Å². The van der Waals surface area contributed by atoms with E-state index in [0.29, 0.717) is 17.6 Å². The third kappa shape index (κ3) is 1.98. The van der Waals surface area contributed by atoms with E-state index in [1.165, 1.54) is 0 Å². The highest BCUT2D eigenvalue weighted by Crippen LogP contribution is 2.41. The van der Waals surface area contributed by atoms with Crippen LogP contribution in [-0.4, -0.2) is 38.9 Å². The molecule has 80 valence electrons. The third-order valence-corrected chi connectivity index (χ3v) is 4.56. The standard InChI is InChI=1S/C9H15NO3S/c1-5-2-6(5)7-3-14(13)4-8(10-7)9(11)12/h5-8,10H,2-4H2,1H3,(H,11,12). The van der Waals surface area contributed by atoms with Crippen LogP contribution >= 0.6 is 0 Å². The molecule has 1 saturated heterocycles. The Hall–Kier alpha value is -0.420. The summed E-state index contributed by atoms with van der Waals surface area (Å²) in [5, 5.41) is 11.9. The number of carbonyl (C=O) groups is 1. The van der Waals surface area contributed by atoms with Crippen molar-refractivity contribution < 1.29 is 14.1 Å². The van der Waals surface area contributed by atoms with Gasteiger partial charge in [0.2, 0.25) is 0 Å². The molecule has 1 aliphatic heterocycles. The summed E-state index contributed by atoms with van der Waals surface area (Å²) in [5.74, 6) is 1.21. The maximum Gasteiger partial charge on any atom is 0.321 e. The molecule has 5 atom stereocenters. The van der Waals surface area contributed by atoms with Crippen LogP contribution in [0.1, 0.15) is 13.3 Å². The zero-order chi connectivity index (χ0) is 10.3. The molecular weight excluding hydrogens is 202 g/mol. The Balaban J connectivity index is 1.99. The summed E-state index contributed by atoms with van der Waals surface area (Å²) >= 11 is 0. The van der Waals surface area contributed by atoms with Crippen LogP contribution in [0.2, 0.25) is 0 Å². The molecule has 5 unspecified atom stereocenters. The van der Waals surface area contributed by atoms with Gasteiger partial charge >= 0.3 is 5.97 Å². The van der Waals surface area contributed by atoms with Gasteiger partial charge in [-0.2, -0.15) is 0 Å². The molecule has 0 aromatic carbocycles. The normalized spacial score (nSPS) is 47.4. The largest absolute Gasteiger partial charge is 0.480 e. The maximum atomic E-state index is 11.4. The molecule has 2 rings (SSSR count). The average molecular weight is 217 g/mol. The van der Waals surface area contributed by atoms with Crippen LogP contribution < -0.4 is 5.32 Å². The lowest BCUT2D eigenvalue weighted by Gasteiger charge is -2.28. The van der Waals surface area contributed by atoms with E-state index >= 15 is 0 Å².